The molecule has 0 radical (unpaired) electrons. The van der Waals surface area contributed by atoms with Gasteiger partial charge in [0.15, 0.2) is 5.78 Å². The van der Waals surface area contributed by atoms with Gasteiger partial charge in [0.2, 0.25) is 5.91 Å². The first kappa shape index (κ1) is 55.5. The van der Waals surface area contributed by atoms with Crippen LogP contribution in [0.4, 0.5) is 5.69 Å². The van der Waals surface area contributed by atoms with Gasteiger partial charge < -0.3 is 30.7 Å². The van der Waals surface area contributed by atoms with Gasteiger partial charge in [-0.25, -0.2) is 0 Å². The third kappa shape index (κ3) is 12.2. The quantitative estimate of drug-likeness (QED) is 0.0164. The standard InChI is InChI=1S/C62H71B2N5O6Si/c1-41(2)58(70)24-15-16-32-68(37-44-18-9-13-22-56(44)63(72)73)40-55-49-21-12-11-20-48(49)54(39-69(33-17-31-67-62(71)42(3)4)38-45-19-10-14-23-57(45)64(74)75)50-28-25-43(34-53(50)55)61-51-29-26-46(65-5)35-59(51)76(7,8)60-36-47(66-6)27-30-52(60)61/h9-14,18-23,25-30,34-36,65,72-75H,1,3,15-17,24,31-33,37-40H2,2,4-8H3,(H,67,71). The van der Waals surface area contributed by atoms with Gasteiger partial charge in [0.25, 0.3) is 0 Å². The van der Waals surface area contributed by atoms with Gasteiger partial charge in [0, 0.05) is 71.0 Å². The Kier molecular flexibility index (Phi) is 17.9. The number of hydrogen-bond donors (Lipinski definition) is 6. The molecule has 390 valence electrons. The highest BCUT2D eigenvalue weighted by molar-refractivity contribution is 6.98. The molecule has 0 unspecified atom stereocenters. The van der Waals surface area contributed by atoms with Crippen molar-refractivity contribution < 1.29 is 29.7 Å². The second-order valence-corrected chi connectivity index (χ2v) is 25.2. The average molecular weight is 1030 g/mol. The monoisotopic (exact) mass is 1030 g/mol. The molecule has 0 saturated carbocycles. The van der Waals surface area contributed by atoms with Crippen LogP contribution in [0.25, 0.3) is 27.1 Å². The van der Waals surface area contributed by atoms with Crippen LogP contribution in [0.5, 0.6) is 0 Å². The van der Waals surface area contributed by atoms with Crippen molar-refractivity contribution in [3.63, 3.8) is 0 Å². The highest BCUT2D eigenvalue weighted by Gasteiger charge is 2.40. The van der Waals surface area contributed by atoms with Crippen molar-refractivity contribution in [1.29, 1.82) is 0 Å². The lowest BCUT2D eigenvalue weighted by Gasteiger charge is -2.38. The fraction of sp³-hybridized carbons (Fsp3) is 0.274. The number of anilines is 1. The lowest BCUT2D eigenvalue weighted by atomic mass is 9.77. The third-order valence-corrected chi connectivity index (χ3v) is 18.7. The molecule has 0 spiro atoms. The summed E-state index contributed by atoms with van der Waals surface area (Å²) < 4.78 is 0. The van der Waals surface area contributed by atoms with Crippen LogP contribution >= 0.6 is 0 Å². The predicted molar refractivity (Wildman–Crippen MR) is 318 cm³/mol. The van der Waals surface area contributed by atoms with E-state index in [9.17, 15) is 29.7 Å². The molecule has 1 aliphatic heterocycles. The Balaban J connectivity index is 1.35. The summed E-state index contributed by atoms with van der Waals surface area (Å²) in [7, 11) is -1.74. The zero-order chi connectivity index (χ0) is 54.3. The number of benzene rings is 6. The molecule has 76 heavy (non-hydrogen) atoms. The van der Waals surface area contributed by atoms with Crippen LogP contribution in [0.1, 0.15) is 72.9 Å². The molecule has 14 heteroatoms. The number of hydrogen-bond acceptors (Lipinski definition) is 10. The zero-order valence-electron chi connectivity index (χ0n) is 44.9. The predicted octanol–water partition coefficient (Wildman–Crippen LogP) is 7.63. The number of carbonyl (C=O) groups excluding carboxylic acids is 2. The highest BCUT2D eigenvalue weighted by Crippen LogP contribution is 2.44. The van der Waals surface area contributed by atoms with E-state index in [-0.39, 0.29) is 11.7 Å². The van der Waals surface area contributed by atoms with E-state index >= 15 is 0 Å². The Labute approximate surface area is 450 Å². The number of nitrogens with one attached hydrogen (secondary N) is 2. The number of allylic oxidation sites excluding steroid dienone is 6. The number of carbonyl (C=O) groups is 2. The summed E-state index contributed by atoms with van der Waals surface area (Å²) in [4.78, 5) is 34.7. The van der Waals surface area contributed by atoms with Crippen molar-refractivity contribution in [3.8, 4) is 0 Å². The Morgan fingerprint density at radius 2 is 1.25 bits per heavy atom. The first-order chi connectivity index (χ1) is 36.5. The van der Waals surface area contributed by atoms with E-state index in [0.717, 1.165) is 72.8 Å². The van der Waals surface area contributed by atoms with Crippen LogP contribution in [-0.2, 0) is 35.8 Å². The number of aliphatic imine (C=N–C) groups is 1. The van der Waals surface area contributed by atoms with E-state index in [2.05, 4.69) is 131 Å². The van der Waals surface area contributed by atoms with Crippen molar-refractivity contribution in [2.24, 2.45) is 4.99 Å². The van der Waals surface area contributed by atoms with Gasteiger partial charge in [-0.2, -0.15) is 0 Å². The first-order valence-corrected chi connectivity index (χ1v) is 29.4. The first-order valence-electron chi connectivity index (χ1n) is 26.4. The van der Waals surface area contributed by atoms with Gasteiger partial charge in [-0.3, -0.25) is 24.4 Å². The molecule has 2 aliphatic rings. The number of ketones is 1. The van der Waals surface area contributed by atoms with Crippen LogP contribution in [0.2, 0.25) is 13.1 Å². The lowest BCUT2D eigenvalue weighted by molar-refractivity contribution is -0.117. The van der Waals surface area contributed by atoms with Gasteiger partial charge in [-0.15, -0.1) is 0 Å². The maximum atomic E-state index is 12.8. The topological polar surface area (TPSA) is 158 Å². The van der Waals surface area contributed by atoms with Gasteiger partial charge >= 0.3 is 14.2 Å². The molecular formula is C62H71B2N5O6Si. The van der Waals surface area contributed by atoms with Gasteiger partial charge in [-0.05, 0) is 163 Å². The molecule has 0 saturated heterocycles. The summed E-state index contributed by atoms with van der Waals surface area (Å²) in [6.07, 6.45) is 9.10. The molecule has 11 nitrogen and oxygen atoms in total. The molecule has 6 N–H and O–H groups in total. The minimum absolute atomic E-state index is 0.0546. The van der Waals surface area contributed by atoms with Crippen LogP contribution in [0.3, 0.4) is 0 Å². The van der Waals surface area contributed by atoms with E-state index in [1.54, 1.807) is 26.0 Å². The molecule has 8 rings (SSSR count). The molecule has 1 heterocycles. The van der Waals surface area contributed by atoms with E-state index in [4.69, 9.17) is 0 Å². The van der Waals surface area contributed by atoms with E-state index in [0.29, 0.717) is 87.1 Å². The summed E-state index contributed by atoms with van der Waals surface area (Å²) in [5, 5.41) is 55.6. The minimum Gasteiger partial charge on any atom is -0.423 e. The van der Waals surface area contributed by atoms with Gasteiger partial charge in [0.1, 0.15) is 8.07 Å². The smallest absolute Gasteiger partial charge is 0.423 e. The number of Topliss-reactive ketones (excluding diaryl/α,β-unsaturated/α-hetero) is 1. The third-order valence-electron chi connectivity index (χ3n) is 15.1. The maximum Gasteiger partial charge on any atom is 0.488 e. The zero-order valence-corrected chi connectivity index (χ0v) is 45.9. The maximum absolute atomic E-state index is 12.8. The number of rotatable bonds is 23. The van der Waals surface area contributed by atoms with E-state index < -0.39 is 22.3 Å². The molecule has 6 aromatic rings. The second-order valence-electron chi connectivity index (χ2n) is 20.8. The van der Waals surface area contributed by atoms with Crippen LogP contribution < -0.4 is 26.7 Å². The van der Waals surface area contributed by atoms with Gasteiger partial charge in [0.05, 0.1) is 5.71 Å². The van der Waals surface area contributed by atoms with Crippen molar-refractivity contribution in [2.75, 3.05) is 39.0 Å². The van der Waals surface area contributed by atoms with Crippen molar-refractivity contribution >= 4 is 88.6 Å². The largest absolute Gasteiger partial charge is 0.488 e. The van der Waals surface area contributed by atoms with E-state index in [1.807, 2.05) is 50.5 Å². The fourth-order valence-electron chi connectivity index (χ4n) is 11.0. The normalized spacial score (nSPS) is 14.3. The molecule has 0 fully saturated rings. The fourth-order valence-corrected chi connectivity index (χ4v) is 14.1. The van der Waals surface area contributed by atoms with Crippen molar-refractivity contribution in [3.05, 3.63) is 196 Å². The van der Waals surface area contributed by atoms with Crippen molar-refractivity contribution in [1.82, 2.24) is 15.1 Å². The van der Waals surface area contributed by atoms with E-state index in [1.165, 1.54) is 21.5 Å². The summed E-state index contributed by atoms with van der Waals surface area (Å²) in [6.45, 7) is 19.5. The Bertz CT molecular complexity index is 3340. The van der Waals surface area contributed by atoms with Crippen LogP contribution in [-0.4, -0.2) is 103 Å². The van der Waals surface area contributed by atoms with Crippen molar-refractivity contribution in [2.45, 2.75) is 78.8 Å². The van der Waals surface area contributed by atoms with Crippen LogP contribution in [0.15, 0.2) is 167 Å². The molecule has 6 aromatic carbocycles. The minimum atomic E-state index is -2.25. The number of amides is 1. The molecule has 1 amide bonds. The highest BCUT2D eigenvalue weighted by atomic mass is 28.3. The Morgan fingerprint density at radius 3 is 1.83 bits per heavy atom. The summed E-state index contributed by atoms with van der Waals surface area (Å²) in [6, 6.07) is 37.1. The number of nitrogens with zero attached hydrogens (tertiary/aromatic N) is 3. The summed E-state index contributed by atoms with van der Waals surface area (Å²) in [5.74, 6) is -0.136. The molecule has 0 atom stereocenters. The summed E-state index contributed by atoms with van der Waals surface area (Å²) in [5.41, 5.74) is 12.4. The number of fused-ring (bicyclic) bond motifs is 4. The molecule has 0 bridgehead atoms. The number of unbranched alkanes of at least 4 members (excludes halogenated alkanes) is 1. The SMILES string of the molecule is C=C(C)C(=O)CCCCN(Cc1ccccc1B(O)O)Cc1c2ccccc2c(CN(CCCNC(=O)C(=C)C)Cc2ccccc2B(O)O)c2ccc(C3=C4C=CC(=NC)C=C4[Si](C)(C)c4cc(NC)ccc43)cc12. The lowest BCUT2D eigenvalue weighted by Crippen LogP contribution is -2.49. The van der Waals surface area contributed by atoms with Crippen LogP contribution in [0, 0.1) is 0 Å². The second kappa shape index (κ2) is 24.5. The molecule has 1 aliphatic carbocycles. The molecular weight excluding hydrogens is 960 g/mol. The Hall–Kier alpha value is -6.74. The average Bonchev–Trinajstić information content (AvgIpc) is 3.42. The summed E-state index contributed by atoms with van der Waals surface area (Å²) >= 11 is 0. The Morgan fingerprint density at radius 1 is 0.671 bits per heavy atom. The molecule has 0 aromatic heterocycles. The van der Waals surface area contributed by atoms with Gasteiger partial charge in [-0.1, -0.05) is 123 Å².